The van der Waals surface area contributed by atoms with E-state index in [1.807, 2.05) is 24.4 Å². The van der Waals surface area contributed by atoms with Gasteiger partial charge in [0, 0.05) is 48.5 Å². The summed E-state index contributed by atoms with van der Waals surface area (Å²) in [5, 5.41) is 9.99. The fourth-order valence-corrected chi connectivity index (χ4v) is 4.95. The lowest BCUT2D eigenvalue weighted by atomic mass is 10.0. The molecular weight excluding hydrogens is 424 g/mol. The van der Waals surface area contributed by atoms with Crippen LogP contribution in [-0.4, -0.2) is 32.5 Å². The van der Waals surface area contributed by atoms with E-state index in [0.717, 1.165) is 43.6 Å². The highest BCUT2D eigenvalue weighted by atomic mass is 16.5. The first-order valence-electron chi connectivity index (χ1n) is 11.6. The third-order valence-electron chi connectivity index (χ3n) is 6.63. The molecule has 0 aliphatic heterocycles. The lowest BCUT2D eigenvalue weighted by molar-refractivity contribution is -0.124. The molecule has 1 aliphatic rings. The minimum Gasteiger partial charge on any atom is -0.361 e. The van der Waals surface area contributed by atoms with Gasteiger partial charge in [-0.3, -0.25) is 19.9 Å². The van der Waals surface area contributed by atoms with Gasteiger partial charge < -0.3 is 4.98 Å². The average molecular weight is 453 g/mol. The van der Waals surface area contributed by atoms with Gasteiger partial charge in [0.05, 0.1) is 5.69 Å². The molecule has 0 radical (unpaired) electrons. The number of aryl methyl sites for hydroxylation is 1. The monoisotopic (exact) mass is 452 g/mol. The van der Waals surface area contributed by atoms with E-state index in [-0.39, 0.29) is 0 Å². The van der Waals surface area contributed by atoms with Gasteiger partial charge in [0.1, 0.15) is 0 Å². The van der Waals surface area contributed by atoms with Gasteiger partial charge in [-0.2, -0.15) is 0 Å². The first kappa shape index (κ1) is 22.1. The van der Waals surface area contributed by atoms with Crippen LogP contribution < -0.4 is 5.48 Å². The number of para-hydroxylation sites is 1. The number of carbonyl (C=O) groups excluding carboxylic acids is 1. The van der Waals surface area contributed by atoms with Crippen LogP contribution in [0.1, 0.15) is 40.4 Å². The van der Waals surface area contributed by atoms with Crippen LogP contribution in [-0.2, 0) is 24.2 Å². The Kier molecular flexibility index (Phi) is 6.51. The molecule has 0 spiro atoms. The molecule has 1 atom stereocenters. The number of aromatic amines is 1. The minimum atomic E-state index is -0.530. The fraction of sp³-hybridized carbons (Fsp3) is 0.214. The third kappa shape index (κ3) is 4.78. The first-order valence-corrected chi connectivity index (χ1v) is 11.6. The summed E-state index contributed by atoms with van der Waals surface area (Å²) in [6.07, 6.45) is 10.1. The Labute approximate surface area is 198 Å². The number of amides is 1. The molecule has 6 nitrogen and oxygen atoms in total. The van der Waals surface area contributed by atoms with Crippen molar-refractivity contribution in [2.45, 2.75) is 31.8 Å². The van der Waals surface area contributed by atoms with Gasteiger partial charge in [0.25, 0.3) is 5.91 Å². The summed E-state index contributed by atoms with van der Waals surface area (Å²) >= 11 is 0. The zero-order chi connectivity index (χ0) is 23.3. The van der Waals surface area contributed by atoms with E-state index in [2.05, 4.69) is 63.5 Å². The maximum Gasteiger partial charge on any atom is 0.267 e. The number of fused-ring (bicyclic) bond motifs is 2. The molecule has 4 aromatic rings. The highest BCUT2D eigenvalue weighted by molar-refractivity contribution is 5.90. The summed E-state index contributed by atoms with van der Waals surface area (Å²) in [7, 11) is 0. The van der Waals surface area contributed by atoms with Crippen LogP contribution in [0.15, 0.2) is 79.1 Å². The number of hydrogen-bond acceptors (Lipinski definition) is 4. The maximum absolute atomic E-state index is 11.3. The molecule has 2 aromatic carbocycles. The molecule has 2 heterocycles. The lowest BCUT2D eigenvalue weighted by Crippen LogP contribution is -2.29. The number of carbonyl (C=O) groups is 1. The van der Waals surface area contributed by atoms with Crippen molar-refractivity contribution in [2.75, 3.05) is 6.54 Å². The van der Waals surface area contributed by atoms with Gasteiger partial charge in [-0.25, -0.2) is 5.48 Å². The Balaban J connectivity index is 1.38. The van der Waals surface area contributed by atoms with Crippen LogP contribution in [0.4, 0.5) is 0 Å². The lowest BCUT2D eigenvalue weighted by Gasteiger charge is -2.29. The van der Waals surface area contributed by atoms with Crippen LogP contribution in [0.3, 0.4) is 0 Å². The molecule has 0 saturated heterocycles. The number of H-pyrrole nitrogens is 1. The number of nitrogens with zero attached hydrogens (tertiary/aromatic N) is 2. The molecule has 1 aliphatic carbocycles. The van der Waals surface area contributed by atoms with Gasteiger partial charge >= 0.3 is 0 Å². The first-order chi connectivity index (χ1) is 16.7. The Bertz CT molecular complexity index is 1310. The highest BCUT2D eigenvalue weighted by Crippen LogP contribution is 2.37. The predicted octanol–water partition coefficient (Wildman–Crippen LogP) is 4.81. The molecule has 1 unspecified atom stereocenters. The minimum absolute atomic E-state index is 0.320. The normalized spacial score (nSPS) is 15.3. The van der Waals surface area contributed by atoms with Crippen molar-refractivity contribution < 1.29 is 10.0 Å². The second-order valence-electron chi connectivity index (χ2n) is 8.72. The van der Waals surface area contributed by atoms with E-state index in [0.29, 0.717) is 6.04 Å². The SMILES string of the molecule is O=C(C=Cc1ccc2c(c1)CCC2N(CCc1c[nH]c2ccccc12)Cc1ccccn1)NO. The second-order valence-corrected chi connectivity index (χ2v) is 8.72. The molecule has 2 aromatic heterocycles. The van der Waals surface area contributed by atoms with E-state index in [4.69, 9.17) is 5.21 Å². The number of nitrogens with one attached hydrogen (secondary N) is 2. The number of pyridine rings is 1. The van der Waals surface area contributed by atoms with Crippen LogP contribution in [0.25, 0.3) is 17.0 Å². The van der Waals surface area contributed by atoms with Crippen molar-refractivity contribution in [1.82, 2.24) is 20.3 Å². The zero-order valence-corrected chi connectivity index (χ0v) is 18.9. The van der Waals surface area contributed by atoms with Gasteiger partial charge in [-0.05, 0) is 65.8 Å². The Morgan fingerprint density at radius 3 is 2.91 bits per heavy atom. The number of hydrogen-bond donors (Lipinski definition) is 3. The smallest absolute Gasteiger partial charge is 0.267 e. The number of hydroxylamine groups is 1. The highest BCUT2D eigenvalue weighted by Gasteiger charge is 2.28. The van der Waals surface area contributed by atoms with Crippen molar-refractivity contribution in [1.29, 1.82) is 0 Å². The summed E-state index contributed by atoms with van der Waals surface area (Å²) in [5.74, 6) is -0.530. The standard InChI is InChI=1S/C28H28N4O2/c33-28(31-34)13-9-20-8-11-25-21(17-20)10-12-27(25)32(19-23-5-3-4-15-29-23)16-14-22-18-30-26-7-2-1-6-24(22)26/h1-9,11,13,15,17-18,27,30,34H,10,12,14,16,19H2,(H,31,33). The van der Waals surface area contributed by atoms with Crippen LogP contribution >= 0.6 is 0 Å². The number of rotatable bonds is 8. The average Bonchev–Trinajstić information content (AvgIpc) is 3.49. The van der Waals surface area contributed by atoms with Crippen molar-refractivity contribution >= 4 is 22.9 Å². The third-order valence-corrected chi connectivity index (χ3v) is 6.63. The van der Waals surface area contributed by atoms with Gasteiger partial charge in [-0.15, -0.1) is 0 Å². The van der Waals surface area contributed by atoms with Crippen molar-refractivity contribution in [3.63, 3.8) is 0 Å². The van der Waals surface area contributed by atoms with Crippen LogP contribution in [0.5, 0.6) is 0 Å². The van der Waals surface area contributed by atoms with E-state index < -0.39 is 5.91 Å². The summed E-state index contributed by atoms with van der Waals surface area (Å²) in [6.45, 7) is 1.73. The van der Waals surface area contributed by atoms with Crippen molar-refractivity contribution in [2.24, 2.45) is 0 Å². The molecule has 34 heavy (non-hydrogen) atoms. The predicted molar refractivity (Wildman–Crippen MR) is 133 cm³/mol. The largest absolute Gasteiger partial charge is 0.361 e. The van der Waals surface area contributed by atoms with E-state index >= 15 is 0 Å². The molecule has 0 saturated carbocycles. The van der Waals surface area contributed by atoms with E-state index in [1.165, 1.54) is 33.7 Å². The Morgan fingerprint density at radius 2 is 2.06 bits per heavy atom. The summed E-state index contributed by atoms with van der Waals surface area (Å²) in [5.41, 5.74) is 8.83. The number of benzene rings is 2. The topological polar surface area (TPSA) is 81.2 Å². The molecular formula is C28H28N4O2. The van der Waals surface area contributed by atoms with Crippen molar-refractivity contribution in [3.8, 4) is 0 Å². The zero-order valence-electron chi connectivity index (χ0n) is 18.9. The Hall–Kier alpha value is -3.74. The fourth-order valence-electron chi connectivity index (χ4n) is 4.95. The quantitative estimate of drug-likeness (QED) is 0.204. The van der Waals surface area contributed by atoms with Crippen LogP contribution in [0.2, 0.25) is 0 Å². The summed E-state index contributed by atoms with van der Waals surface area (Å²) in [4.78, 5) is 21.9. The summed E-state index contributed by atoms with van der Waals surface area (Å²) < 4.78 is 0. The van der Waals surface area contributed by atoms with Gasteiger partial charge in [0.2, 0.25) is 0 Å². The molecule has 0 fully saturated rings. The van der Waals surface area contributed by atoms with E-state index in [9.17, 15) is 4.79 Å². The maximum atomic E-state index is 11.3. The Morgan fingerprint density at radius 1 is 1.18 bits per heavy atom. The summed E-state index contributed by atoms with van der Waals surface area (Å²) in [6, 6.07) is 21.2. The molecule has 3 N–H and O–H groups in total. The molecule has 5 rings (SSSR count). The number of aromatic nitrogens is 2. The van der Waals surface area contributed by atoms with Crippen LogP contribution in [0, 0.1) is 0 Å². The van der Waals surface area contributed by atoms with Gasteiger partial charge in [-0.1, -0.05) is 42.5 Å². The molecule has 6 heteroatoms. The van der Waals surface area contributed by atoms with Gasteiger partial charge in [0.15, 0.2) is 0 Å². The molecule has 0 bridgehead atoms. The second kappa shape index (κ2) is 10.0. The van der Waals surface area contributed by atoms with Crippen molar-refractivity contribution in [3.05, 3.63) is 107 Å². The van der Waals surface area contributed by atoms with E-state index in [1.54, 1.807) is 11.6 Å². The molecule has 1 amide bonds. The molecule has 172 valence electrons.